The molecule has 2 heterocycles. The maximum Gasteiger partial charge on any atom is 0.191 e. The molecule has 2 atom stereocenters. The molecule has 0 amide bonds. The van der Waals surface area contributed by atoms with E-state index in [-0.39, 0.29) is 24.0 Å². The van der Waals surface area contributed by atoms with Gasteiger partial charge in [0.25, 0.3) is 0 Å². The van der Waals surface area contributed by atoms with E-state index in [1.54, 1.807) is 6.20 Å². The number of guanidine groups is 1. The van der Waals surface area contributed by atoms with Crippen molar-refractivity contribution in [2.24, 2.45) is 4.99 Å². The number of hydrogen-bond acceptors (Lipinski definition) is 4. The minimum atomic E-state index is 0. The molecule has 1 fully saturated rings. The second-order valence-electron chi connectivity index (χ2n) is 6.88. The number of likely N-dealkylation sites (N-methyl/N-ethyl adjacent to an activating group) is 1. The van der Waals surface area contributed by atoms with Crippen molar-refractivity contribution in [2.45, 2.75) is 45.7 Å². The number of nitrogens with one attached hydrogen (secondary N) is 2. The lowest BCUT2D eigenvalue weighted by atomic mass is 10.2. The van der Waals surface area contributed by atoms with E-state index >= 15 is 0 Å². The van der Waals surface area contributed by atoms with Crippen molar-refractivity contribution in [3.05, 3.63) is 23.4 Å². The summed E-state index contributed by atoms with van der Waals surface area (Å²) in [6.45, 7) is 11.0. The van der Waals surface area contributed by atoms with Crippen LogP contribution in [0.5, 0.6) is 0 Å². The summed E-state index contributed by atoms with van der Waals surface area (Å²) >= 11 is 6.28. The van der Waals surface area contributed by atoms with Gasteiger partial charge in [0.15, 0.2) is 5.96 Å². The summed E-state index contributed by atoms with van der Waals surface area (Å²) in [6.07, 6.45) is 4.00. The van der Waals surface area contributed by atoms with E-state index in [1.165, 1.54) is 0 Å². The molecule has 1 aliphatic rings. The third-order valence-electron chi connectivity index (χ3n) is 4.98. The van der Waals surface area contributed by atoms with Crippen molar-refractivity contribution in [1.29, 1.82) is 0 Å². The Labute approximate surface area is 186 Å². The maximum atomic E-state index is 6.28. The number of nitrogens with zero attached hydrogens (tertiary/aromatic N) is 4. The van der Waals surface area contributed by atoms with E-state index < -0.39 is 0 Å². The fourth-order valence-electron chi connectivity index (χ4n) is 3.05. The Bertz CT molecular complexity index is 585. The fraction of sp³-hybridized carbons (Fsp3) is 0.684. The van der Waals surface area contributed by atoms with Crippen LogP contribution in [0.25, 0.3) is 0 Å². The highest BCUT2D eigenvalue weighted by atomic mass is 127. The first-order valence-corrected chi connectivity index (χ1v) is 10.0. The summed E-state index contributed by atoms with van der Waals surface area (Å²) in [7, 11) is 2.16. The van der Waals surface area contributed by atoms with Gasteiger partial charge in [-0.3, -0.25) is 4.99 Å². The van der Waals surface area contributed by atoms with Crippen LogP contribution in [-0.4, -0.2) is 67.7 Å². The minimum Gasteiger partial charge on any atom is -0.357 e. The topological polar surface area (TPSA) is 55.8 Å². The maximum absolute atomic E-state index is 6.28. The number of pyridine rings is 1. The van der Waals surface area contributed by atoms with Crippen molar-refractivity contribution in [3.8, 4) is 0 Å². The molecule has 2 rings (SSSR count). The molecule has 2 N–H and O–H groups in total. The van der Waals surface area contributed by atoms with Crippen molar-refractivity contribution in [3.63, 3.8) is 0 Å². The molecule has 6 nitrogen and oxygen atoms in total. The van der Waals surface area contributed by atoms with Crippen LogP contribution in [0.2, 0.25) is 5.02 Å². The lowest BCUT2D eigenvalue weighted by Gasteiger charge is -2.23. The van der Waals surface area contributed by atoms with Crippen molar-refractivity contribution in [1.82, 2.24) is 20.5 Å². The van der Waals surface area contributed by atoms with Crippen molar-refractivity contribution < 1.29 is 0 Å². The van der Waals surface area contributed by atoms with E-state index in [0.29, 0.717) is 17.1 Å². The first-order valence-electron chi connectivity index (χ1n) is 9.65. The predicted octanol–water partition coefficient (Wildman–Crippen LogP) is 3.22. The number of anilines is 1. The second kappa shape index (κ2) is 12.6. The first kappa shape index (κ1) is 24.2. The van der Waals surface area contributed by atoms with Gasteiger partial charge in [0.2, 0.25) is 0 Å². The summed E-state index contributed by atoms with van der Waals surface area (Å²) in [5, 5.41) is 7.62. The van der Waals surface area contributed by atoms with Crippen molar-refractivity contribution >= 4 is 47.4 Å². The molecular weight excluding hydrogens is 475 g/mol. The average Bonchev–Trinajstić information content (AvgIpc) is 3.09. The molecule has 0 spiro atoms. The highest BCUT2D eigenvalue weighted by molar-refractivity contribution is 14.0. The lowest BCUT2D eigenvalue weighted by Crippen LogP contribution is -2.45. The first-order chi connectivity index (χ1) is 12.5. The smallest absolute Gasteiger partial charge is 0.191 e. The standard InChI is InChI=1S/C19H33ClN6.HI/c1-5-15(3)25(4)13-11-23-19(21-6-2)24-16-9-12-26(14-16)18-17(20)8-7-10-22-18;/h7-8,10,15-16H,5-6,9,11-14H2,1-4H3,(H2,21,23,24);1H. The normalized spacial score (nSPS) is 18.4. The highest BCUT2D eigenvalue weighted by Crippen LogP contribution is 2.25. The Morgan fingerprint density at radius 2 is 2.26 bits per heavy atom. The molecule has 0 bridgehead atoms. The molecule has 8 heteroatoms. The molecule has 1 saturated heterocycles. The van der Waals surface area contributed by atoms with E-state index in [4.69, 9.17) is 16.6 Å². The van der Waals surface area contributed by atoms with Crippen LogP contribution in [0.15, 0.2) is 23.3 Å². The zero-order chi connectivity index (χ0) is 18.9. The molecule has 2 unspecified atom stereocenters. The third kappa shape index (κ3) is 7.62. The summed E-state index contributed by atoms with van der Waals surface area (Å²) in [4.78, 5) is 13.8. The quantitative estimate of drug-likeness (QED) is 0.321. The molecule has 1 aliphatic heterocycles. The van der Waals surface area contributed by atoms with E-state index in [0.717, 1.165) is 57.3 Å². The number of aliphatic imine (C=N–C) groups is 1. The lowest BCUT2D eigenvalue weighted by molar-refractivity contribution is 0.259. The monoisotopic (exact) mass is 508 g/mol. The highest BCUT2D eigenvalue weighted by Gasteiger charge is 2.25. The van der Waals surface area contributed by atoms with Gasteiger partial charge in [0, 0.05) is 44.5 Å². The molecule has 1 aromatic heterocycles. The fourth-order valence-corrected chi connectivity index (χ4v) is 3.29. The molecule has 0 aromatic carbocycles. The minimum absolute atomic E-state index is 0. The van der Waals surface area contributed by atoms with Gasteiger partial charge < -0.3 is 20.4 Å². The summed E-state index contributed by atoms with van der Waals surface area (Å²) in [5.41, 5.74) is 0. The molecule has 0 aliphatic carbocycles. The Kier molecular flexibility index (Phi) is 11.3. The van der Waals surface area contributed by atoms with Crippen LogP contribution in [0.4, 0.5) is 5.82 Å². The molecular formula is C19H34ClIN6. The van der Waals surface area contributed by atoms with E-state index in [9.17, 15) is 0 Å². The Hall–Kier alpha value is -0.800. The number of aromatic nitrogens is 1. The largest absolute Gasteiger partial charge is 0.357 e. The summed E-state index contributed by atoms with van der Waals surface area (Å²) in [5.74, 6) is 1.76. The van der Waals surface area contributed by atoms with Crippen molar-refractivity contribution in [2.75, 3.05) is 44.7 Å². The van der Waals surface area contributed by atoms with E-state index in [2.05, 4.69) is 53.2 Å². The van der Waals surface area contributed by atoms with Crippen LogP contribution in [0.1, 0.15) is 33.6 Å². The summed E-state index contributed by atoms with van der Waals surface area (Å²) in [6, 6.07) is 4.69. The number of rotatable bonds is 8. The van der Waals surface area contributed by atoms with E-state index in [1.807, 2.05) is 12.1 Å². The van der Waals surface area contributed by atoms with Gasteiger partial charge in [-0.05, 0) is 45.9 Å². The molecule has 0 saturated carbocycles. The van der Waals surface area contributed by atoms with Crippen LogP contribution >= 0.6 is 35.6 Å². The predicted molar refractivity (Wildman–Crippen MR) is 127 cm³/mol. The zero-order valence-corrected chi connectivity index (χ0v) is 20.0. The van der Waals surface area contributed by atoms with Crippen LogP contribution in [0.3, 0.4) is 0 Å². The van der Waals surface area contributed by atoms with Gasteiger partial charge in [-0.1, -0.05) is 18.5 Å². The van der Waals surface area contributed by atoms with Gasteiger partial charge in [0.05, 0.1) is 11.6 Å². The summed E-state index contributed by atoms with van der Waals surface area (Å²) < 4.78 is 0. The van der Waals surface area contributed by atoms with Gasteiger partial charge in [0.1, 0.15) is 5.82 Å². The zero-order valence-electron chi connectivity index (χ0n) is 16.9. The molecule has 1 aromatic rings. The van der Waals surface area contributed by atoms with Gasteiger partial charge in [-0.15, -0.1) is 24.0 Å². The molecule has 0 radical (unpaired) electrons. The van der Waals surface area contributed by atoms with Crippen LogP contribution in [-0.2, 0) is 0 Å². The molecule has 154 valence electrons. The van der Waals surface area contributed by atoms with Gasteiger partial charge >= 0.3 is 0 Å². The van der Waals surface area contributed by atoms with Gasteiger partial charge in [-0.2, -0.15) is 0 Å². The number of hydrogen-bond donors (Lipinski definition) is 2. The second-order valence-corrected chi connectivity index (χ2v) is 7.29. The van der Waals surface area contributed by atoms with Gasteiger partial charge in [-0.25, -0.2) is 4.98 Å². The molecule has 27 heavy (non-hydrogen) atoms. The third-order valence-corrected chi connectivity index (χ3v) is 5.27. The number of halogens is 2. The van der Waals surface area contributed by atoms with Crippen LogP contribution < -0.4 is 15.5 Å². The average molecular weight is 509 g/mol. The Morgan fingerprint density at radius 1 is 1.48 bits per heavy atom. The Morgan fingerprint density at radius 3 is 2.93 bits per heavy atom. The SMILES string of the molecule is CCNC(=NCCN(C)C(C)CC)NC1CCN(c2ncccc2Cl)C1.I. The Balaban J connectivity index is 0.00000364. The van der Waals surface area contributed by atoms with Crippen LogP contribution in [0, 0.1) is 0 Å².